The maximum atomic E-state index is 11.9. The van der Waals surface area contributed by atoms with Crippen LogP contribution in [-0.4, -0.2) is 22.7 Å². The number of anilines is 2. The molecular weight excluding hydrogens is 240 g/mol. The topological polar surface area (TPSA) is 67.3 Å². The summed E-state index contributed by atoms with van der Waals surface area (Å²) in [6, 6.07) is 8.65. The molecule has 0 aliphatic carbocycles. The number of nitrogens with one attached hydrogen (secondary N) is 1. The Morgan fingerprint density at radius 2 is 2.18 bits per heavy atom. The van der Waals surface area contributed by atoms with E-state index in [0.29, 0.717) is 10.7 Å². The third-order valence-electron chi connectivity index (χ3n) is 1.95. The fourth-order valence-electron chi connectivity index (χ4n) is 1.25. The van der Waals surface area contributed by atoms with Crippen molar-refractivity contribution in [3.05, 3.63) is 36.5 Å². The summed E-state index contributed by atoms with van der Waals surface area (Å²) in [5, 5.41) is 7.97. The Kier molecular flexibility index (Phi) is 3.63. The van der Waals surface area contributed by atoms with Gasteiger partial charge >= 0.3 is 6.03 Å². The number of para-hydroxylation sites is 1. The van der Waals surface area contributed by atoms with E-state index >= 15 is 0 Å². The number of hydrogen-bond acceptors (Lipinski definition) is 5. The molecule has 2 aromatic rings. The van der Waals surface area contributed by atoms with Crippen LogP contribution < -0.4 is 10.4 Å². The summed E-state index contributed by atoms with van der Waals surface area (Å²) in [7, 11) is 1.43. The largest absolute Gasteiger partial charge is 0.351 e. The van der Waals surface area contributed by atoms with E-state index < -0.39 is 6.03 Å². The van der Waals surface area contributed by atoms with Crippen molar-refractivity contribution in [2.45, 2.75) is 0 Å². The molecule has 6 nitrogen and oxygen atoms in total. The molecule has 17 heavy (non-hydrogen) atoms. The molecule has 0 bridgehead atoms. The number of amides is 2. The highest BCUT2D eigenvalue weighted by molar-refractivity contribution is 7.10. The number of urea groups is 1. The van der Waals surface area contributed by atoms with Gasteiger partial charge < -0.3 is 0 Å². The third-order valence-corrected chi connectivity index (χ3v) is 2.53. The molecule has 2 rings (SSSR count). The lowest BCUT2D eigenvalue weighted by Crippen LogP contribution is -2.33. The van der Waals surface area contributed by atoms with Gasteiger partial charge in [0.15, 0.2) is 0 Å². The number of nitrogens with zero attached hydrogens (tertiary/aromatic N) is 3. The summed E-state index contributed by atoms with van der Waals surface area (Å²) >= 11 is 1.10. The number of hydrogen-bond donors (Lipinski definition) is 1. The van der Waals surface area contributed by atoms with Crippen molar-refractivity contribution in [2.24, 2.45) is 0 Å². The number of aromatic nitrogens is 2. The van der Waals surface area contributed by atoms with Gasteiger partial charge in [-0.05, 0) is 12.1 Å². The molecule has 0 radical (unpaired) electrons. The predicted molar refractivity (Wildman–Crippen MR) is 64.9 cm³/mol. The highest BCUT2D eigenvalue weighted by atomic mass is 32.1. The van der Waals surface area contributed by atoms with Gasteiger partial charge in [0.25, 0.3) is 0 Å². The summed E-state index contributed by atoms with van der Waals surface area (Å²) in [6.07, 6.45) is 1.47. The molecule has 0 fully saturated rings. The molecule has 1 heterocycles. The lowest BCUT2D eigenvalue weighted by molar-refractivity contribution is 0.171. The molecule has 0 saturated heterocycles. The Balaban J connectivity index is 2.11. The summed E-state index contributed by atoms with van der Waals surface area (Å²) in [4.78, 5) is 16.9. The van der Waals surface area contributed by atoms with Crippen LogP contribution in [0.3, 0.4) is 0 Å². The van der Waals surface area contributed by atoms with Gasteiger partial charge in [-0.3, -0.25) is 10.2 Å². The number of carbonyl (C=O) groups is 1. The van der Waals surface area contributed by atoms with Crippen LogP contribution in [-0.2, 0) is 4.84 Å². The summed E-state index contributed by atoms with van der Waals surface area (Å²) in [5.41, 5.74) is 0.643. The van der Waals surface area contributed by atoms with Gasteiger partial charge in [0.2, 0.25) is 0 Å². The van der Waals surface area contributed by atoms with E-state index in [4.69, 9.17) is 4.84 Å². The van der Waals surface area contributed by atoms with Gasteiger partial charge in [0.05, 0.1) is 19.0 Å². The average Bonchev–Trinajstić information content (AvgIpc) is 2.84. The van der Waals surface area contributed by atoms with E-state index in [2.05, 4.69) is 14.9 Å². The minimum Gasteiger partial charge on any atom is -0.294 e. The Morgan fingerprint density at radius 1 is 1.41 bits per heavy atom. The van der Waals surface area contributed by atoms with E-state index in [0.717, 1.165) is 16.6 Å². The van der Waals surface area contributed by atoms with Crippen LogP contribution in [0.25, 0.3) is 0 Å². The van der Waals surface area contributed by atoms with E-state index in [9.17, 15) is 4.79 Å². The van der Waals surface area contributed by atoms with Crippen LogP contribution in [0.4, 0.5) is 15.5 Å². The molecule has 88 valence electrons. The fraction of sp³-hybridized carbons (Fsp3) is 0.100. The van der Waals surface area contributed by atoms with Crippen molar-refractivity contribution in [1.29, 1.82) is 0 Å². The van der Waals surface area contributed by atoms with Crippen molar-refractivity contribution >= 4 is 28.3 Å². The molecule has 7 heteroatoms. The Hall–Kier alpha value is -1.99. The number of rotatable bonds is 3. The van der Waals surface area contributed by atoms with Gasteiger partial charge in [0.1, 0.15) is 5.00 Å². The smallest absolute Gasteiger partial charge is 0.294 e. The first-order valence-corrected chi connectivity index (χ1v) is 5.56. The second kappa shape index (κ2) is 5.37. The second-order valence-corrected chi connectivity index (χ2v) is 3.81. The molecule has 0 unspecified atom stereocenters. The number of benzene rings is 1. The molecule has 1 N–H and O–H groups in total. The molecule has 0 spiro atoms. The van der Waals surface area contributed by atoms with E-state index in [1.165, 1.54) is 13.3 Å². The van der Waals surface area contributed by atoms with Crippen molar-refractivity contribution in [3.8, 4) is 0 Å². The standard InChI is InChI=1S/C10H10N4O2S/c1-16-14(8-5-3-2-4-6-8)10(15)12-9-7-11-13-17-9/h2-7H,1H3,(H,12,15). The molecule has 1 aromatic heterocycles. The van der Waals surface area contributed by atoms with Crippen LogP contribution in [0.2, 0.25) is 0 Å². The Labute approximate surface area is 102 Å². The van der Waals surface area contributed by atoms with Gasteiger partial charge in [-0.2, -0.15) is 5.06 Å². The van der Waals surface area contributed by atoms with Crippen LogP contribution >= 0.6 is 11.5 Å². The van der Waals surface area contributed by atoms with Crippen molar-refractivity contribution < 1.29 is 9.63 Å². The molecule has 0 aliphatic heterocycles. The Bertz CT molecular complexity index is 474. The first-order valence-electron chi connectivity index (χ1n) is 4.79. The number of hydroxylamine groups is 1. The summed E-state index contributed by atoms with van der Waals surface area (Å²) in [5.74, 6) is 0. The average molecular weight is 250 g/mol. The van der Waals surface area contributed by atoms with Gasteiger partial charge in [-0.1, -0.05) is 22.7 Å². The first kappa shape index (κ1) is 11.5. The zero-order chi connectivity index (χ0) is 12.1. The van der Waals surface area contributed by atoms with Gasteiger partial charge in [-0.25, -0.2) is 4.79 Å². The molecular formula is C10H10N4O2S. The quantitative estimate of drug-likeness (QED) is 0.847. The van der Waals surface area contributed by atoms with Crippen LogP contribution in [0.1, 0.15) is 0 Å². The highest BCUT2D eigenvalue weighted by Gasteiger charge is 2.15. The number of carbonyl (C=O) groups excluding carboxylic acids is 1. The third kappa shape index (κ3) is 2.77. The SMILES string of the molecule is CON(C(=O)Nc1cnns1)c1ccccc1. The van der Waals surface area contributed by atoms with Crippen LogP contribution in [0.15, 0.2) is 36.5 Å². The molecule has 2 amide bonds. The minimum absolute atomic E-state index is 0.398. The predicted octanol–water partition coefficient (Wildman–Crippen LogP) is 2.14. The molecule has 0 aliphatic rings. The minimum atomic E-state index is -0.398. The monoisotopic (exact) mass is 250 g/mol. The van der Waals surface area contributed by atoms with Crippen LogP contribution in [0.5, 0.6) is 0 Å². The Morgan fingerprint density at radius 3 is 2.76 bits per heavy atom. The molecule has 0 atom stereocenters. The normalized spacial score (nSPS) is 9.94. The van der Waals surface area contributed by atoms with Crippen molar-refractivity contribution in [3.63, 3.8) is 0 Å². The molecule has 1 aromatic carbocycles. The maximum absolute atomic E-state index is 11.9. The van der Waals surface area contributed by atoms with Gasteiger partial charge in [0, 0.05) is 11.5 Å². The van der Waals surface area contributed by atoms with Crippen LogP contribution in [0, 0.1) is 0 Å². The zero-order valence-electron chi connectivity index (χ0n) is 9.03. The first-order chi connectivity index (χ1) is 8.31. The van der Waals surface area contributed by atoms with Crippen molar-refractivity contribution in [2.75, 3.05) is 17.5 Å². The summed E-state index contributed by atoms with van der Waals surface area (Å²) in [6.45, 7) is 0. The molecule has 0 saturated carbocycles. The lowest BCUT2D eigenvalue weighted by Gasteiger charge is -2.19. The van der Waals surface area contributed by atoms with E-state index in [1.807, 2.05) is 18.2 Å². The lowest BCUT2D eigenvalue weighted by atomic mass is 10.3. The zero-order valence-corrected chi connectivity index (χ0v) is 9.85. The van der Waals surface area contributed by atoms with Gasteiger partial charge in [-0.15, -0.1) is 5.10 Å². The maximum Gasteiger partial charge on any atom is 0.351 e. The van der Waals surface area contributed by atoms with E-state index in [1.54, 1.807) is 12.1 Å². The fourth-order valence-corrected chi connectivity index (χ4v) is 1.66. The summed E-state index contributed by atoms with van der Waals surface area (Å²) < 4.78 is 3.65. The highest BCUT2D eigenvalue weighted by Crippen LogP contribution is 2.16. The second-order valence-electron chi connectivity index (χ2n) is 3.02. The van der Waals surface area contributed by atoms with Crippen molar-refractivity contribution in [1.82, 2.24) is 9.59 Å². The van der Waals surface area contributed by atoms with E-state index in [-0.39, 0.29) is 0 Å².